The predicted molar refractivity (Wildman–Crippen MR) is 253 cm³/mol. The number of halogens is 1. The minimum atomic E-state index is -0.231. The molecular weight excluding hydrogens is 882 g/mol. The fraction of sp³-hybridized carbons (Fsp3) is 0. The molecule has 0 fully saturated rings. The van der Waals surface area contributed by atoms with Crippen molar-refractivity contribution in [2.24, 2.45) is 0 Å². The normalized spacial score (nSPS) is 12.2. The van der Waals surface area contributed by atoms with Crippen LogP contribution >= 0.6 is 0 Å². The molecule has 6 heteroatoms. The summed E-state index contributed by atoms with van der Waals surface area (Å²) in [5.41, 5.74) is 14.4. The van der Waals surface area contributed by atoms with E-state index in [0.717, 1.165) is 44.7 Å². The Balaban J connectivity index is 1.07. The number of fused-ring (bicyclic) bond motifs is 9. The zero-order chi connectivity index (χ0) is 41.4. The van der Waals surface area contributed by atoms with Crippen LogP contribution < -0.4 is 21.2 Å². The molecule has 0 amide bonds. The van der Waals surface area contributed by atoms with Crippen LogP contribution in [0.15, 0.2) is 212 Å². The van der Waals surface area contributed by atoms with Gasteiger partial charge < -0.3 is 4.57 Å². The van der Waals surface area contributed by atoms with Gasteiger partial charge >= 0.3 is 230 Å². The van der Waals surface area contributed by atoms with Gasteiger partial charge in [-0.1, -0.05) is 84.9 Å². The smallest absolute Gasteiger partial charge is 0.0617 e. The molecule has 13 rings (SSSR count). The summed E-state index contributed by atoms with van der Waals surface area (Å²) < 4.78 is 7.71. The molecule has 12 aromatic rings. The van der Waals surface area contributed by atoms with Crippen molar-refractivity contribution >= 4 is 43.6 Å². The molecule has 0 unspecified atom stereocenters. The van der Waals surface area contributed by atoms with Gasteiger partial charge in [0.2, 0.25) is 0 Å². The molecule has 5 nitrogen and oxygen atoms in total. The van der Waals surface area contributed by atoms with Gasteiger partial charge in [0.05, 0.1) is 11.0 Å². The molecule has 9 aromatic carbocycles. The Morgan fingerprint density at radius 3 is 1.60 bits per heavy atom. The van der Waals surface area contributed by atoms with Crippen molar-refractivity contribution in [2.45, 2.75) is 0 Å². The number of aromatic nitrogens is 5. The third-order valence-corrected chi connectivity index (χ3v) is 15.4. The molecule has 0 atom stereocenters. The summed E-state index contributed by atoms with van der Waals surface area (Å²) in [6.45, 7) is 0. The molecule has 1 aliphatic rings. The van der Waals surface area contributed by atoms with Crippen LogP contribution in [0.3, 0.4) is 0 Å². The second-order valence-corrected chi connectivity index (χ2v) is 18.8. The van der Waals surface area contributed by atoms with Gasteiger partial charge in [-0.15, -0.1) is 0 Å². The van der Waals surface area contributed by atoms with E-state index >= 15 is 0 Å². The van der Waals surface area contributed by atoms with E-state index in [9.17, 15) is 0 Å². The first kappa shape index (κ1) is 36.0. The van der Waals surface area contributed by atoms with E-state index in [2.05, 4.69) is 203 Å². The van der Waals surface area contributed by atoms with Gasteiger partial charge in [0, 0.05) is 16.5 Å². The Morgan fingerprint density at radius 1 is 0.302 bits per heavy atom. The van der Waals surface area contributed by atoms with Gasteiger partial charge in [0.15, 0.2) is 0 Å². The minimum Gasteiger partial charge on any atom is -0.0617 e. The summed E-state index contributed by atoms with van der Waals surface area (Å²) in [5, 5.41) is 4.82. The van der Waals surface area contributed by atoms with Crippen LogP contribution in [0.4, 0.5) is 0 Å². The van der Waals surface area contributed by atoms with Crippen molar-refractivity contribution in [3.63, 3.8) is 0 Å². The van der Waals surface area contributed by atoms with Crippen molar-refractivity contribution in [3.05, 3.63) is 219 Å². The van der Waals surface area contributed by atoms with E-state index in [1.54, 1.807) is 0 Å². The van der Waals surface area contributed by atoms with Crippen molar-refractivity contribution in [3.8, 4) is 67.8 Å². The fourth-order valence-electron chi connectivity index (χ4n) is 9.44. The first-order valence-electron chi connectivity index (χ1n) is 21.2. The van der Waals surface area contributed by atoms with Crippen molar-refractivity contribution in [1.82, 2.24) is 24.1 Å². The molecule has 4 heterocycles. The topological polar surface area (TPSA) is 48.5 Å². The number of nitrogens with zero attached hydrogens (tertiary/aromatic N) is 5. The van der Waals surface area contributed by atoms with Gasteiger partial charge in [-0.05, 0) is 29.3 Å². The SMILES string of the molecule is c1ccc(-c2ccc3c4ccc(-n5c6ccccc6c6ccccc65)cc4n(-c4ccccc4-c4nc(-c5ccccc5)nc(-c5ccc6c(c5)-c5ccccc5[I-]6)n4)c3c2)cc1. The number of benzene rings is 9. The maximum atomic E-state index is 5.37. The summed E-state index contributed by atoms with van der Waals surface area (Å²) in [4.78, 5) is 15.9. The first-order valence-corrected chi connectivity index (χ1v) is 23.3. The maximum absolute atomic E-state index is 5.37. The molecular formula is C57H35IN5-. The van der Waals surface area contributed by atoms with E-state index in [-0.39, 0.29) is 21.2 Å². The monoisotopic (exact) mass is 916 g/mol. The van der Waals surface area contributed by atoms with E-state index in [4.69, 9.17) is 15.0 Å². The summed E-state index contributed by atoms with van der Waals surface area (Å²) in [7, 11) is 0. The van der Waals surface area contributed by atoms with Crippen LogP contribution in [0.2, 0.25) is 0 Å². The molecule has 3 aromatic heterocycles. The van der Waals surface area contributed by atoms with Crippen molar-refractivity contribution in [1.29, 1.82) is 0 Å². The Kier molecular flexibility index (Phi) is 8.27. The molecule has 0 spiro atoms. The van der Waals surface area contributed by atoms with Crippen LogP contribution in [0, 0.1) is 7.14 Å². The quantitative estimate of drug-likeness (QED) is 0.156. The van der Waals surface area contributed by atoms with Gasteiger partial charge in [0.1, 0.15) is 0 Å². The standard InChI is InChI=1S/C57H35IN5/c1-3-15-36(16-4-1)38-27-30-44-45-31-29-40(62-50-24-12-8-20-42(50)43-21-9-13-25-51(43)62)35-54(45)63(53(44)34-38)52-26-14-10-22-46(52)57-60-55(37-17-5-2-6-18-37)59-56(61-57)39-28-32-49-47(33-39)41-19-7-11-23-48(41)58-49/h1-35H/q-1. The van der Waals surface area contributed by atoms with Gasteiger partial charge in [-0.2, -0.15) is 0 Å². The fourth-order valence-corrected chi connectivity index (χ4v) is 12.3. The van der Waals surface area contributed by atoms with Crippen molar-refractivity contribution < 1.29 is 21.2 Å². The Labute approximate surface area is 373 Å². The second kappa shape index (κ2) is 14.5. The van der Waals surface area contributed by atoms with E-state index < -0.39 is 0 Å². The molecule has 296 valence electrons. The molecule has 0 bridgehead atoms. The average molecular weight is 917 g/mol. The van der Waals surface area contributed by atoms with E-state index in [1.807, 2.05) is 18.2 Å². The molecule has 1 aliphatic heterocycles. The summed E-state index contributed by atoms with van der Waals surface area (Å²) >= 11 is -0.231. The Hall–Kier alpha value is -7.68. The zero-order valence-corrected chi connectivity index (χ0v) is 36.0. The molecule has 0 radical (unpaired) electrons. The summed E-state index contributed by atoms with van der Waals surface area (Å²) in [6.07, 6.45) is 0. The zero-order valence-electron chi connectivity index (χ0n) is 33.8. The van der Waals surface area contributed by atoms with Gasteiger partial charge in [-0.3, -0.25) is 0 Å². The van der Waals surface area contributed by atoms with E-state index in [1.165, 1.54) is 56.4 Å². The molecule has 0 saturated heterocycles. The van der Waals surface area contributed by atoms with Gasteiger partial charge in [0.25, 0.3) is 0 Å². The molecule has 63 heavy (non-hydrogen) atoms. The summed E-state index contributed by atoms with van der Waals surface area (Å²) in [6, 6.07) is 76.2. The Morgan fingerprint density at radius 2 is 0.841 bits per heavy atom. The average Bonchev–Trinajstić information content (AvgIpc) is 4.01. The number of hydrogen-bond donors (Lipinski definition) is 0. The van der Waals surface area contributed by atoms with Crippen LogP contribution in [-0.2, 0) is 0 Å². The Bertz CT molecular complexity index is 3720. The predicted octanol–water partition coefficient (Wildman–Crippen LogP) is 10.8. The van der Waals surface area contributed by atoms with Gasteiger partial charge in [-0.25, -0.2) is 0 Å². The minimum absolute atomic E-state index is 0.231. The third-order valence-electron chi connectivity index (χ3n) is 12.3. The van der Waals surface area contributed by atoms with Crippen LogP contribution in [0.1, 0.15) is 0 Å². The molecule has 0 saturated carbocycles. The van der Waals surface area contributed by atoms with Crippen LogP contribution in [-0.4, -0.2) is 24.1 Å². The number of para-hydroxylation sites is 3. The van der Waals surface area contributed by atoms with Crippen molar-refractivity contribution in [2.75, 3.05) is 0 Å². The van der Waals surface area contributed by atoms with Crippen LogP contribution in [0.25, 0.3) is 111 Å². The van der Waals surface area contributed by atoms with E-state index in [0.29, 0.717) is 17.5 Å². The first-order chi connectivity index (χ1) is 31.2. The summed E-state index contributed by atoms with van der Waals surface area (Å²) in [5.74, 6) is 1.91. The molecule has 0 aliphatic carbocycles. The second-order valence-electron chi connectivity index (χ2n) is 16.0. The number of hydrogen-bond acceptors (Lipinski definition) is 3. The third kappa shape index (κ3) is 5.86. The van der Waals surface area contributed by atoms with Crippen LogP contribution in [0.5, 0.6) is 0 Å². The number of rotatable bonds is 6. The molecule has 0 N–H and O–H groups in total.